The molecule has 1 aliphatic carbocycles. The van der Waals surface area contributed by atoms with E-state index < -0.39 is 0 Å². The number of aliphatic hydroxyl groups excluding tert-OH is 1. The van der Waals surface area contributed by atoms with Crippen molar-refractivity contribution < 1.29 is 9.90 Å². The highest BCUT2D eigenvalue weighted by Gasteiger charge is 2.27. The number of pyridine rings is 1. The number of urea groups is 1. The van der Waals surface area contributed by atoms with Crippen molar-refractivity contribution in [3.8, 4) is 0 Å². The van der Waals surface area contributed by atoms with Crippen LogP contribution in [0.3, 0.4) is 0 Å². The van der Waals surface area contributed by atoms with Gasteiger partial charge in [0.1, 0.15) is 0 Å². The van der Waals surface area contributed by atoms with Crippen LogP contribution in [-0.2, 0) is 0 Å². The molecule has 0 aromatic carbocycles. The van der Waals surface area contributed by atoms with E-state index in [-0.39, 0.29) is 18.1 Å². The molecule has 2 amide bonds. The number of amides is 2. The van der Waals surface area contributed by atoms with Crippen molar-refractivity contribution in [2.24, 2.45) is 5.92 Å². The molecule has 6 heteroatoms. The molecule has 0 radical (unpaired) electrons. The minimum atomic E-state index is -0.284. The van der Waals surface area contributed by atoms with Crippen molar-refractivity contribution in [1.82, 2.24) is 9.88 Å². The van der Waals surface area contributed by atoms with E-state index in [9.17, 15) is 9.90 Å². The summed E-state index contributed by atoms with van der Waals surface area (Å²) in [4.78, 5) is 20.3. The Morgan fingerprint density at radius 3 is 2.68 bits per heavy atom. The van der Waals surface area contributed by atoms with E-state index in [1.54, 1.807) is 11.9 Å². The molecule has 1 aliphatic rings. The molecule has 6 nitrogen and oxygen atoms in total. The fourth-order valence-electron chi connectivity index (χ4n) is 2.86. The van der Waals surface area contributed by atoms with Gasteiger partial charge in [0.05, 0.1) is 11.8 Å². The molecular weight excluding hydrogens is 280 g/mol. The standard InChI is InChI=1S/C16H26N4O2/c1-11-8-9-13(15(17-11)19(2)3)18-16(22)20(4)10-12-6-5-7-14(12)21/h8-9,12,14,21H,5-7,10H2,1-4H3,(H,18,22)/t12-,14-/m0/s1. The molecule has 0 spiro atoms. The molecule has 22 heavy (non-hydrogen) atoms. The van der Waals surface area contributed by atoms with Gasteiger partial charge in [-0.3, -0.25) is 0 Å². The van der Waals surface area contributed by atoms with Gasteiger partial charge in [-0.1, -0.05) is 6.42 Å². The highest BCUT2D eigenvalue weighted by atomic mass is 16.3. The fourth-order valence-corrected chi connectivity index (χ4v) is 2.86. The van der Waals surface area contributed by atoms with E-state index in [4.69, 9.17) is 0 Å². The van der Waals surface area contributed by atoms with Gasteiger partial charge in [-0.05, 0) is 31.9 Å². The van der Waals surface area contributed by atoms with E-state index >= 15 is 0 Å². The van der Waals surface area contributed by atoms with Crippen LogP contribution < -0.4 is 10.2 Å². The first-order valence-electron chi connectivity index (χ1n) is 7.73. The Labute approximate surface area is 132 Å². The number of aromatic nitrogens is 1. The van der Waals surface area contributed by atoms with Crippen molar-refractivity contribution in [3.05, 3.63) is 17.8 Å². The Morgan fingerprint density at radius 2 is 2.09 bits per heavy atom. The lowest BCUT2D eigenvalue weighted by atomic mass is 10.1. The molecule has 1 aromatic rings. The van der Waals surface area contributed by atoms with Crippen molar-refractivity contribution in [2.75, 3.05) is 37.9 Å². The minimum absolute atomic E-state index is 0.173. The van der Waals surface area contributed by atoms with Crippen LogP contribution in [0.5, 0.6) is 0 Å². The van der Waals surface area contributed by atoms with Gasteiger partial charge in [-0.15, -0.1) is 0 Å². The van der Waals surface area contributed by atoms with Crippen LogP contribution in [0.15, 0.2) is 12.1 Å². The molecule has 2 atom stereocenters. The van der Waals surface area contributed by atoms with Crippen molar-refractivity contribution in [1.29, 1.82) is 0 Å². The van der Waals surface area contributed by atoms with Crippen LogP contribution in [-0.4, -0.2) is 54.8 Å². The van der Waals surface area contributed by atoms with Gasteiger partial charge in [0.15, 0.2) is 5.82 Å². The van der Waals surface area contributed by atoms with Gasteiger partial charge < -0.3 is 20.2 Å². The molecule has 0 unspecified atom stereocenters. The van der Waals surface area contributed by atoms with Crippen LogP contribution in [0.1, 0.15) is 25.0 Å². The Kier molecular flexibility index (Phi) is 5.24. The molecule has 1 saturated carbocycles. The van der Waals surface area contributed by atoms with Crippen LogP contribution in [0.2, 0.25) is 0 Å². The maximum absolute atomic E-state index is 12.4. The average Bonchev–Trinajstić information content (AvgIpc) is 2.85. The molecule has 0 bridgehead atoms. The number of carbonyl (C=O) groups is 1. The summed E-state index contributed by atoms with van der Waals surface area (Å²) in [5.41, 5.74) is 1.60. The lowest BCUT2D eigenvalue weighted by molar-refractivity contribution is 0.116. The Hall–Kier alpha value is -1.82. The molecular formula is C16H26N4O2. The molecule has 1 aromatic heterocycles. The van der Waals surface area contributed by atoms with Gasteiger partial charge in [0.25, 0.3) is 0 Å². The van der Waals surface area contributed by atoms with Crippen LogP contribution in [0.4, 0.5) is 16.3 Å². The highest BCUT2D eigenvalue weighted by molar-refractivity contribution is 5.92. The quantitative estimate of drug-likeness (QED) is 0.893. The highest BCUT2D eigenvalue weighted by Crippen LogP contribution is 2.27. The van der Waals surface area contributed by atoms with Crippen molar-refractivity contribution >= 4 is 17.5 Å². The van der Waals surface area contributed by atoms with Gasteiger partial charge in [0.2, 0.25) is 0 Å². The lowest BCUT2D eigenvalue weighted by Crippen LogP contribution is -2.37. The van der Waals surface area contributed by atoms with E-state index in [0.717, 1.165) is 30.8 Å². The third-order valence-corrected chi connectivity index (χ3v) is 4.15. The van der Waals surface area contributed by atoms with Crippen LogP contribution in [0.25, 0.3) is 0 Å². The van der Waals surface area contributed by atoms with Crippen LogP contribution >= 0.6 is 0 Å². The fraction of sp³-hybridized carbons (Fsp3) is 0.625. The van der Waals surface area contributed by atoms with Gasteiger partial charge in [-0.2, -0.15) is 0 Å². The largest absolute Gasteiger partial charge is 0.393 e. The third kappa shape index (κ3) is 3.88. The number of nitrogens with zero attached hydrogens (tertiary/aromatic N) is 3. The summed E-state index contributed by atoms with van der Waals surface area (Å²) in [6.07, 6.45) is 2.57. The smallest absolute Gasteiger partial charge is 0.321 e. The predicted octanol–water partition coefficient (Wildman–Crippen LogP) is 2.08. The Morgan fingerprint density at radius 1 is 1.36 bits per heavy atom. The maximum Gasteiger partial charge on any atom is 0.321 e. The van der Waals surface area contributed by atoms with E-state index in [2.05, 4.69) is 10.3 Å². The van der Waals surface area contributed by atoms with E-state index in [1.807, 2.05) is 38.1 Å². The van der Waals surface area contributed by atoms with Crippen molar-refractivity contribution in [3.63, 3.8) is 0 Å². The molecule has 1 heterocycles. The molecule has 1 fully saturated rings. The monoisotopic (exact) mass is 306 g/mol. The lowest BCUT2D eigenvalue weighted by Gasteiger charge is -2.24. The minimum Gasteiger partial charge on any atom is -0.393 e. The molecule has 2 rings (SSSR count). The van der Waals surface area contributed by atoms with Gasteiger partial charge in [-0.25, -0.2) is 9.78 Å². The number of aryl methyl sites for hydroxylation is 1. The zero-order valence-corrected chi connectivity index (χ0v) is 13.8. The predicted molar refractivity (Wildman–Crippen MR) is 88.3 cm³/mol. The Balaban J connectivity index is 2.02. The SMILES string of the molecule is Cc1ccc(NC(=O)N(C)C[C@@H]2CCC[C@@H]2O)c(N(C)C)n1. The second-order valence-corrected chi connectivity index (χ2v) is 6.29. The average molecular weight is 306 g/mol. The maximum atomic E-state index is 12.4. The summed E-state index contributed by atoms with van der Waals surface area (Å²) in [5.74, 6) is 0.919. The second-order valence-electron chi connectivity index (χ2n) is 6.29. The summed E-state index contributed by atoms with van der Waals surface area (Å²) in [6, 6.07) is 3.57. The first-order chi connectivity index (χ1) is 10.4. The van der Waals surface area contributed by atoms with E-state index in [1.165, 1.54) is 0 Å². The van der Waals surface area contributed by atoms with E-state index in [0.29, 0.717) is 12.2 Å². The summed E-state index contributed by atoms with van der Waals surface area (Å²) < 4.78 is 0. The first-order valence-corrected chi connectivity index (χ1v) is 7.73. The number of aliphatic hydroxyl groups is 1. The van der Waals surface area contributed by atoms with Gasteiger partial charge in [0, 0.05) is 39.3 Å². The number of anilines is 2. The normalized spacial score (nSPS) is 20.8. The third-order valence-electron chi connectivity index (χ3n) is 4.15. The number of carbonyl (C=O) groups excluding carboxylic acids is 1. The number of hydrogen-bond donors (Lipinski definition) is 2. The molecule has 122 valence electrons. The van der Waals surface area contributed by atoms with Gasteiger partial charge >= 0.3 is 6.03 Å². The molecule has 0 saturated heterocycles. The second kappa shape index (κ2) is 6.96. The molecule has 0 aliphatic heterocycles. The number of rotatable bonds is 4. The number of nitrogens with one attached hydrogen (secondary N) is 1. The topological polar surface area (TPSA) is 68.7 Å². The van der Waals surface area contributed by atoms with Crippen LogP contribution in [0, 0.1) is 12.8 Å². The zero-order valence-electron chi connectivity index (χ0n) is 13.8. The summed E-state index contributed by atoms with van der Waals surface area (Å²) in [6.45, 7) is 2.50. The molecule has 2 N–H and O–H groups in total. The summed E-state index contributed by atoms with van der Waals surface area (Å²) in [5, 5.41) is 12.8. The Bertz CT molecular complexity index is 533. The van der Waals surface area contributed by atoms with Crippen molar-refractivity contribution in [2.45, 2.75) is 32.3 Å². The first kappa shape index (κ1) is 16.5. The number of hydrogen-bond acceptors (Lipinski definition) is 4. The summed E-state index contributed by atoms with van der Waals surface area (Å²) in [7, 11) is 5.56. The zero-order chi connectivity index (χ0) is 16.3. The summed E-state index contributed by atoms with van der Waals surface area (Å²) >= 11 is 0.